The van der Waals surface area contributed by atoms with Crippen LogP contribution in [0.1, 0.15) is 13.3 Å². The van der Waals surface area contributed by atoms with Crippen molar-refractivity contribution in [1.29, 1.82) is 0 Å². The number of ether oxygens (including phenoxy) is 1. The van der Waals surface area contributed by atoms with E-state index in [2.05, 4.69) is 9.84 Å². The lowest BCUT2D eigenvalue weighted by molar-refractivity contribution is -0.136. The molecule has 0 amide bonds. The number of hydrogen-bond acceptors (Lipinski definition) is 4. The summed E-state index contributed by atoms with van der Waals surface area (Å²) in [5.41, 5.74) is -0.185. The van der Waals surface area contributed by atoms with E-state index >= 15 is 0 Å². The predicted molar refractivity (Wildman–Crippen MR) is 79.2 cm³/mol. The van der Waals surface area contributed by atoms with Gasteiger partial charge in [-0.15, -0.1) is 0 Å². The van der Waals surface area contributed by atoms with Crippen molar-refractivity contribution in [3.05, 3.63) is 56.6 Å². The van der Waals surface area contributed by atoms with Crippen LogP contribution < -0.4 is 11.1 Å². The van der Waals surface area contributed by atoms with E-state index in [1.807, 2.05) is 6.92 Å². The molecule has 0 aliphatic heterocycles. The van der Waals surface area contributed by atoms with Crippen molar-refractivity contribution < 1.29 is 9.53 Å². The number of allylic oxidation sites excluding steroid dienone is 1. The van der Waals surface area contributed by atoms with Gasteiger partial charge in [0.15, 0.2) is 0 Å². The molecule has 21 heavy (non-hydrogen) atoms. The standard InChI is InChI=1S/C15H16N2O4/c1-3-10(15(20)21-2)8-9-17-14(19)12-7-5-4-6-11(12)13(18)16-17/h4-8H,3,9H2,1-2H3,(H,16,18). The summed E-state index contributed by atoms with van der Waals surface area (Å²) in [7, 11) is 1.30. The molecule has 2 aromatic rings. The molecule has 0 unspecified atom stereocenters. The van der Waals surface area contributed by atoms with Crippen molar-refractivity contribution >= 4 is 16.7 Å². The van der Waals surface area contributed by atoms with Gasteiger partial charge in [0.25, 0.3) is 11.1 Å². The Balaban J connectivity index is 2.47. The molecule has 0 aliphatic rings. The molecule has 1 heterocycles. The molecule has 1 aromatic carbocycles. The molecule has 0 fully saturated rings. The van der Waals surface area contributed by atoms with Crippen LogP contribution in [0.25, 0.3) is 10.8 Å². The third-order valence-corrected chi connectivity index (χ3v) is 3.23. The number of esters is 1. The summed E-state index contributed by atoms with van der Waals surface area (Å²) in [6.45, 7) is 1.92. The fourth-order valence-electron chi connectivity index (χ4n) is 2.08. The molecule has 2 rings (SSSR count). The highest BCUT2D eigenvalue weighted by atomic mass is 16.5. The van der Waals surface area contributed by atoms with Gasteiger partial charge < -0.3 is 4.74 Å². The number of H-pyrrole nitrogens is 1. The van der Waals surface area contributed by atoms with E-state index in [-0.39, 0.29) is 17.7 Å². The van der Waals surface area contributed by atoms with Crippen LogP contribution in [-0.4, -0.2) is 22.9 Å². The fraction of sp³-hybridized carbons (Fsp3) is 0.267. The first-order chi connectivity index (χ1) is 10.1. The molecular formula is C15H16N2O4. The van der Waals surface area contributed by atoms with Gasteiger partial charge in [0.05, 0.1) is 24.4 Å². The van der Waals surface area contributed by atoms with E-state index in [0.29, 0.717) is 22.8 Å². The van der Waals surface area contributed by atoms with Gasteiger partial charge in [-0.1, -0.05) is 25.1 Å². The maximum Gasteiger partial charge on any atom is 0.333 e. The fourth-order valence-corrected chi connectivity index (χ4v) is 2.08. The summed E-state index contributed by atoms with van der Waals surface area (Å²) in [6, 6.07) is 6.61. The summed E-state index contributed by atoms with van der Waals surface area (Å²) in [6.07, 6.45) is 2.07. The van der Waals surface area contributed by atoms with Crippen LogP contribution in [0.3, 0.4) is 0 Å². The summed E-state index contributed by atoms with van der Waals surface area (Å²) >= 11 is 0. The molecule has 0 atom stereocenters. The van der Waals surface area contributed by atoms with Crippen LogP contribution in [0.5, 0.6) is 0 Å². The first-order valence-electron chi connectivity index (χ1n) is 6.57. The number of nitrogens with one attached hydrogen (secondary N) is 1. The highest BCUT2D eigenvalue weighted by Crippen LogP contribution is 2.05. The van der Waals surface area contributed by atoms with Crippen molar-refractivity contribution in [2.45, 2.75) is 19.9 Å². The second-order valence-electron chi connectivity index (χ2n) is 4.48. The summed E-state index contributed by atoms with van der Waals surface area (Å²) in [4.78, 5) is 35.7. The zero-order valence-electron chi connectivity index (χ0n) is 11.9. The van der Waals surface area contributed by atoms with Gasteiger partial charge in [-0.3, -0.25) is 14.7 Å². The first kappa shape index (κ1) is 14.8. The van der Waals surface area contributed by atoms with Crippen molar-refractivity contribution in [2.24, 2.45) is 0 Å². The Morgan fingerprint density at radius 2 is 1.95 bits per heavy atom. The Morgan fingerprint density at radius 3 is 2.57 bits per heavy atom. The van der Waals surface area contributed by atoms with E-state index in [1.54, 1.807) is 30.3 Å². The van der Waals surface area contributed by atoms with Gasteiger partial charge >= 0.3 is 5.97 Å². The van der Waals surface area contributed by atoms with Crippen LogP contribution in [0.15, 0.2) is 45.5 Å². The monoisotopic (exact) mass is 288 g/mol. The zero-order chi connectivity index (χ0) is 15.4. The number of hydrogen-bond donors (Lipinski definition) is 1. The second-order valence-corrected chi connectivity index (χ2v) is 4.48. The average Bonchev–Trinajstić information content (AvgIpc) is 2.52. The highest BCUT2D eigenvalue weighted by molar-refractivity contribution is 5.88. The van der Waals surface area contributed by atoms with E-state index in [1.165, 1.54) is 11.8 Å². The number of aromatic nitrogens is 2. The van der Waals surface area contributed by atoms with E-state index < -0.39 is 5.97 Å². The van der Waals surface area contributed by atoms with E-state index in [9.17, 15) is 14.4 Å². The minimum Gasteiger partial charge on any atom is -0.466 e. The lowest BCUT2D eigenvalue weighted by Gasteiger charge is -2.06. The van der Waals surface area contributed by atoms with E-state index in [4.69, 9.17) is 0 Å². The van der Waals surface area contributed by atoms with Gasteiger partial charge in [-0.25, -0.2) is 9.48 Å². The van der Waals surface area contributed by atoms with Crippen LogP contribution in [0.4, 0.5) is 0 Å². The van der Waals surface area contributed by atoms with Gasteiger partial charge in [-0.2, -0.15) is 0 Å². The number of nitrogens with zero attached hydrogens (tertiary/aromatic N) is 1. The lowest BCUT2D eigenvalue weighted by Crippen LogP contribution is -2.29. The number of fused-ring (bicyclic) bond motifs is 1. The van der Waals surface area contributed by atoms with Crippen LogP contribution in [-0.2, 0) is 16.1 Å². The molecule has 0 radical (unpaired) electrons. The maximum atomic E-state index is 12.3. The Labute approximate surface area is 120 Å². The molecule has 6 heteroatoms. The molecule has 6 nitrogen and oxygen atoms in total. The van der Waals surface area contributed by atoms with E-state index in [0.717, 1.165) is 0 Å². The van der Waals surface area contributed by atoms with Crippen molar-refractivity contribution in [3.63, 3.8) is 0 Å². The molecule has 0 aliphatic carbocycles. The quantitative estimate of drug-likeness (QED) is 0.677. The Hall–Kier alpha value is -2.63. The average molecular weight is 288 g/mol. The predicted octanol–water partition coefficient (Wildman–Crippen LogP) is 1.20. The van der Waals surface area contributed by atoms with Crippen LogP contribution >= 0.6 is 0 Å². The van der Waals surface area contributed by atoms with Gasteiger partial charge in [-0.05, 0) is 18.6 Å². The number of carbonyl (C=O) groups excluding carboxylic acids is 1. The molecule has 0 saturated carbocycles. The zero-order valence-corrected chi connectivity index (χ0v) is 11.9. The summed E-state index contributed by atoms with van der Waals surface area (Å²) < 4.78 is 5.83. The maximum absolute atomic E-state index is 12.3. The first-order valence-corrected chi connectivity index (χ1v) is 6.57. The smallest absolute Gasteiger partial charge is 0.333 e. The molecule has 110 valence electrons. The minimum absolute atomic E-state index is 0.108. The number of rotatable bonds is 4. The number of aromatic amines is 1. The van der Waals surface area contributed by atoms with Crippen LogP contribution in [0.2, 0.25) is 0 Å². The van der Waals surface area contributed by atoms with Crippen molar-refractivity contribution in [1.82, 2.24) is 9.78 Å². The number of carbonyl (C=O) groups is 1. The molecule has 1 aromatic heterocycles. The third kappa shape index (κ3) is 2.94. The molecular weight excluding hydrogens is 272 g/mol. The largest absolute Gasteiger partial charge is 0.466 e. The SMILES string of the molecule is CCC(=CCn1[nH]c(=O)c2ccccc2c1=O)C(=O)OC. The van der Waals surface area contributed by atoms with Gasteiger partial charge in [0.2, 0.25) is 0 Å². The molecule has 0 saturated heterocycles. The minimum atomic E-state index is -0.436. The highest BCUT2D eigenvalue weighted by Gasteiger charge is 2.08. The normalized spacial score (nSPS) is 11.6. The summed E-state index contributed by atoms with van der Waals surface area (Å²) in [5, 5.41) is 3.21. The Morgan fingerprint density at radius 1 is 1.29 bits per heavy atom. The Kier molecular flexibility index (Phi) is 4.37. The molecule has 0 spiro atoms. The summed E-state index contributed by atoms with van der Waals surface area (Å²) in [5.74, 6) is -0.436. The van der Waals surface area contributed by atoms with Crippen LogP contribution in [0, 0.1) is 0 Å². The number of benzene rings is 1. The van der Waals surface area contributed by atoms with Gasteiger partial charge in [0, 0.05) is 5.57 Å². The second kappa shape index (κ2) is 6.21. The van der Waals surface area contributed by atoms with Crippen molar-refractivity contribution in [3.8, 4) is 0 Å². The molecule has 0 bridgehead atoms. The van der Waals surface area contributed by atoms with Gasteiger partial charge in [0.1, 0.15) is 0 Å². The van der Waals surface area contributed by atoms with Crippen molar-refractivity contribution in [2.75, 3.05) is 7.11 Å². The Bertz CT molecular complexity index is 814. The third-order valence-electron chi connectivity index (χ3n) is 3.23. The molecule has 1 N–H and O–H groups in total. The lowest BCUT2D eigenvalue weighted by atomic mass is 10.2. The topological polar surface area (TPSA) is 81.2 Å². The number of methoxy groups -OCH3 is 1.